The molecule has 0 radical (unpaired) electrons. The molecule has 1 atom stereocenters. The van der Waals surface area contributed by atoms with Gasteiger partial charge in [-0.25, -0.2) is 0 Å². The Balaban J connectivity index is 1.98. The highest BCUT2D eigenvalue weighted by Crippen LogP contribution is 2.35. The van der Waals surface area contributed by atoms with E-state index in [1.807, 2.05) is 6.07 Å². The van der Waals surface area contributed by atoms with E-state index in [4.69, 9.17) is 19.7 Å². The summed E-state index contributed by atoms with van der Waals surface area (Å²) in [5.74, 6) is 1.85. The van der Waals surface area contributed by atoms with Crippen molar-refractivity contribution in [3.8, 4) is 17.0 Å². The van der Waals surface area contributed by atoms with E-state index in [-0.39, 0.29) is 0 Å². The minimum atomic E-state index is 0.450. The fourth-order valence-corrected chi connectivity index (χ4v) is 4.70. The molecule has 33 heavy (non-hydrogen) atoms. The Labute approximate surface area is 200 Å². The Morgan fingerprint density at radius 1 is 1.06 bits per heavy atom. The third kappa shape index (κ3) is 6.92. The predicted octanol–water partition coefficient (Wildman–Crippen LogP) is 7.12. The van der Waals surface area contributed by atoms with Crippen LogP contribution in [-0.2, 0) is 24.2 Å². The number of nitrogens with zero attached hydrogens (tertiary/aromatic N) is 2. The molecule has 0 saturated carbocycles. The zero-order chi connectivity index (χ0) is 23.5. The van der Waals surface area contributed by atoms with Crippen LogP contribution >= 0.6 is 0 Å². The number of hydrogen-bond acceptors (Lipinski definition) is 5. The lowest BCUT2D eigenvalue weighted by molar-refractivity contribution is 0.119. The number of nitrogens with one attached hydrogen (secondary N) is 1. The quantitative estimate of drug-likeness (QED) is 0.347. The zero-order valence-corrected chi connectivity index (χ0v) is 21.2. The van der Waals surface area contributed by atoms with Crippen LogP contribution in [0.4, 0.5) is 5.82 Å². The largest absolute Gasteiger partial charge is 0.497 e. The average molecular weight is 454 g/mol. The molecule has 5 heteroatoms. The van der Waals surface area contributed by atoms with Crippen LogP contribution in [-0.4, -0.2) is 30.0 Å². The topological polar surface area (TPSA) is 56.3 Å². The van der Waals surface area contributed by atoms with E-state index in [9.17, 15) is 0 Å². The van der Waals surface area contributed by atoms with Gasteiger partial charge in [0.25, 0.3) is 0 Å². The minimum Gasteiger partial charge on any atom is -0.497 e. The molecule has 2 heterocycles. The van der Waals surface area contributed by atoms with Crippen molar-refractivity contribution < 1.29 is 9.47 Å². The molecule has 0 amide bonds. The third-order valence-corrected chi connectivity index (χ3v) is 6.75. The molecule has 1 aliphatic heterocycles. The molecule has 1 N–H and O–H groups in total. The van der Waals surface area contributed by atoms with E-state index >= 15 is 0 Å². The van der Waals surface area contributed by atoms with Crippen molar-refractivity contribution in [1.82, 2.24) is 10.2 Å². The molecule has 0 aliphatic carbocycles. The van der Waals surface area contributed by atoms with Crippen LogP contribution in [0.3, 0.4) is 0 Å². The van der Waals surface area contributed by atoms with E-state index in [0.717, 1.165) is 67.1 Å². The number of rotatable bonds is 12. The molecular formula is C28H43N3O2. The highest BCUT2D eigenvalue weighted by molar-refractivity contribution is 5.71. The number of ether oxygens (including phenoxy) is 2. The van der Waals surface area contributed by atoms with Crippen molar-refractivity contribution >= 4 is 5.82 Å². The molecule has 3 rings (SSSR count). The van der Waals surface area contributed by atoms with E-state index in [1.54, 1.807) is 7.11 Å². The van der Waals surface area contributed by atoms with Gasteiger partial charge < -0.3 is 14.8 Å². The van der Waals surface area contributed by atoms with Gasteiger partial charge in [-0.1, -0.05) is 52.9 Å². The number of benzene rings is 1. The van der Waals surface area contributed by atoms with Gasteiger partial charge in [-0.05, 0) is 67.9 Å². The summed E-state index contributed by atoms with van der Waals surface area (Å²) in [6, 6.07) is 6.66. The summed E-state index contributed by atoms with van der Waals surface area (Å²) >= 11 is 0. The Kier molecular flexibility index (Phi) is 10.5. The van der Waals surface area contributed by atoms with Gasteiger partial charge in [0.2, 0.25) is 0 Å². The first-order valence-electron chi connectivity index (χ1n) is 13.1. The average Bonchev–Trinajstić information content (AvgIpc) is 2.93. The summed E-state index contributed by atoms with van der Waals surface area (Å²) in [6.45, 7) is 8.13. The number of unbranched alkanes of at least 4 members (excludes halogenated alkanes) is 4. The van der Waals surface area contributed by atoms with Gasteiger partial charge in [0.1, 0.15) is 5.75 Å². The lowest BCUT2D eigenvalue weighted by atomic mass is 9.93. The minimum absolute atomic E-state index is 0.450. The van der Waals surface area contributed by atoms with Gasteiger partial charge in [-0.3, -0.25) is 0 Å². The molecule has 1 aliphatic rings. The molecule has 1 unspecified atom stereocenters. The SMILES string of the molecule is CCCCCCC(CC)Nc1nnc2c(c1CCCC)CCCOCc1cc(OC)ccc1-2. The van der Waals surface area contributed by atoms with E-state index in [1.165, 1.54) is 49.7 Å². The first kappa shape index (κ1) is 25.5. The Morgan fingerprint density at radius 2 is 1.91 bits per heavy atom. The van der Waals surface area contributed by atoms with Gasteiger partial charge >= 0.3 is 0 Å². The fourth-order valence-electron chi connectivity index (χ4n) is 4.70. The standard InChI is InChI=1S/C28H43N3O2/c1-5-8-10-11-13-22(7-3)29-28-26(14-9-6-2)25-15-12-18-33-20-21-19-23(32-4)16-17-24(21)27(25)30-31-28/h16-17,19,22H,5-15,18,20H2,1-4H3,(H,29,31). The molecule has 1 aromatic carbocycles. The van der Waals surface area contributed by atoms with Crippen LogP contribution in [0.15, 0.2) is 18.2 Å². The maximum atomic E-state index is 5.99. The van der Waals surface area contributed by atoms with Gasteiger partial charge in [-0.2, -0.15) is 0 Å². The number of aromatic nitrogens is 2. The summed E-state index contributed by atoms with van der Waals surface area (Å²) in [7, 11) is 1.71. The van der Waals surface area contributed by atoms with Crippen molar-refractivity contribution in [2.45, 2.75) is 104 Å². The normalized spacial score (nSPS) is 14.4. The monoisotopic (exact) mass is 453 g/mol. The van der Waals surface area contributed by atoms with Crippen molar-refractivity contribution in [2.24, 2.45) is 0 Å². The molecular weight excluding hydrogens is 410 g/mol. The van der Waals surface area contributed by atoms with Crippen molar-refractivity contribution in [3.05, 3.63) is 34.9 Å². The third-order valence-electron chi connectivity index (χ3n) is 6.75. The number of methoxy groups -OCH3 is 1. The smallest absolute Gasteiger partial charge is 0.152 e. The number of fused-ring (bicyclic) bond motifs is 3. The van der Waals surface area contributed by atoms with Crippen LogP contribution < -0.4 is 10.1 Å². The maximum Gasteiger partial charge on any atom is 0.152 e. The summed E-state index contributed by atoms with van der Waals surface area (Å²) in [4.78, 5) is 0. The van der Waals surface area contributed by atoms with Crippen molar-refractivity contribution in [1.29, 1.82) is 0 Å². The number of hydrogen-bond donors (Lipinski definition) is 1. The summed E-state index contributed by atoms with van der Waals surface area (Å²) in [5, 5.41) is 13.4. The summed E-state index contributed by atoms with van der Waals surface area (Å²) < 4.78 is 11.5. The Hall–Kier alpha value is -2.14. The van der Waals surface area contributed by atoms with Crippen molar-refractivity contribution in [3.63, 3.8) is 0 Å². The highest BCUT2D eigenvalue weighted by atomic mass is 16.5. The predicted molar refractivity (Wildman–Crippen MR) is 137 cm³/mol. The molecule has 0 fully saturated rings. The second kappa shape index (κ2) is 13.5. The van der Waals surface area contributed by atoms with Crippen LogP contribution in [0.25, 0.3) is 11.3 Å². The summed E-state index contributed by atoms with van der Waals surface area (Å²) in [5.41, 5.74) is 5.97. The maximum absolute atomic E-state index is 5.99. The van der Waals surface area contributed by atoms with Crippen LogP contribution in [0, 0.1) is 0 Å². The molecule has 5 nitrogen and oxygen atoms in total. The van der Waals surface area contributed by atoms with Gasteiger partial charge in [0.15, 0.2) is 5.82 Å². The second-order valence-corrected chi connectivity index (χ2v) is 9.24. The highest BCUT2D eigenvalue weighted by Gasteiger charge is 2.22. The molecule has 2 aromatic rings. The molecule has 1 aromatic heterocycles. The van der Waals surface area contributed by atoms with E-state index < -0.39 is 0 Å². The summed E-state index contributed by atoms with van der Waals surface area (Å²) in [6.07, 6.45) is 12.8. The lowest BCUT2D eigenvalue weighted by Crippen LogP contribution is -2.22. The lowest BCUT2D eigenvalue weighted by Gasteiger charge is -2.22. The molecule has 0 spiro atoms. The first-order chi connectivity index (χ1) is 16.2. The first-order valence-corrected chi connectivity index (χ1v) is 13.1. The molecule has 0 saturated heterocycles. The second-order valence-electron chi connectivity index (χ2n) is 9.24. The Bertz CT molecular complexity index is 868. The number of anilines is 1. The van der Waals surface area contributed by atoms with Crippen LogP contribution in [0.2, 0.25) is 0 Å². The van der Waals surface area contributed by atoms with Gasteiger partial charge in [0, 0.05) is 23.8 Å². The molecule has 182 valence electrons. The zero-order valence-electron chi connectivity index (χ0n) is 21.2. The van der Waals surface area contributed by atoms with Crippen LogP contribution in [0.1, 0.15) is 95.2 Å². The van der Waals surface area contributed by atoms with E-state index in [2.05, 4.69) is 38.2 Å². The van der Waals surface area contributed by atoms with Crippen molar-refractivity contribution in [2.75, 3.05) is 19.0 Å². The molecule has 0 bridgehead atoms. The fraction of sp³-hybridized carbons (Fsp3) is 0.643. The van der Waals surface area contributed by atoms with Gasteiger partial charge in [-0.15, -0.1) is 10.2 Å². The van der Waals surface area contributed by atoms with Crippen LogP contribution in [0.5, 0.6) is 5.75 Å². The Morgan fingerprint density at radius 3 is 2.67 bits per heavy atom. The van der Waals surface area contributed by atoms with E-state index in [0.29, 0.717) is 12.6 Å². The van der Waals surface area contributed by atoms with Gasteiger partial charge in [0.05, 0.1) is 19.4 Å².